The van der Waals surface area contributed by atoms with Gasteiger partial charge in [-0.1, -0.05) is 20.8 Å². The lowest BCUT2D eigenvalue weighted by Crippen LogP contribution is -2.50. The molecule has 1 heterocycles. The van der Waals surface area contributed by atoms with Crippen LogP contribution in [-0.4, -0.2) is 39.5 Å². The number of carbonyl (C=O) groups excluding carboxylic acids is 1. The molecule has 1 aliphatic heterocycles. The van der Waals surface area contributed by atoms with E-state index in [1.165, 1.54) is 0 Å². The van der Waals surface area contributed by atoms with Crippen LogP contribution in [0.5, 0.6) is 11.5 Å². The topological polar surface area (TPSA) is 84.9 Å². The molecule has 0 fully saturated rings. The van der Waals surface area contributed by atoms with Gasteiger partial charge in [0.15, 0.2) is 11.5 Å². The number of ether oxygens (including phenoxy) is 2. The van der Waals surface area contributed by atoms with E-state index in [0.29, 0.717) is 17.2 Å². The number of hydrogen-bond acceptors (Lipinski definition) is 5. The summed E-state index contributed by atoms with van der Waals surface area (Å²) in [7, 11) is -3.65. The number of nitrogens with zero attached hydrogens (tertiary/aromatic N) is 1. The van der Waals surface area contributed by atoms with Crippen molar-refractivity contribution in [1.82, 2.24) is 5.32 Å². The predicted octanol–water partition coefficient (Wildman–Crippen LogP) is 2.51. The number of anilines is 1. The molecule has 1 aromatic rings. The summed E-state index contributed by atoms with van der Waals surface area (Å²) in [6, 6.07) is 4.80. The van der Waals surface area contributed by atoms with E-state index in [9.17, 15) is 13.2 Å². The van der Waals surface area contributed by atoms with Crippen molar-refractivity contribution in [2.75, 3.05) is 23.9 Å². The molecule has 2 rings (SSSR count). The van der Waals surface area contributed by atoms with Crippen LogP contribution in [0.1, 0.15) is 41.0 Å². The molecule has 8 heteroatoms. The number of hydrogen-bond donors (Lipinski definition) is 1. The Morgan fingerprint density at radius 2 is 1.77 bits per heavy atom. The lowest BCUT2D eigenvalue weighted by atomic mass is 9.82. The average molecular weight is 384 g/mol. The Morgan fingerprint density at radius 1 is 1.15 bits per heavy atom. The molecular formula is C18H28N2O5S. The summed E-state index contributed by atoms with van der Waals surface area (Å²) in [5, 5.41) is 2.94. The second-order valence-electron chi connectivity index (χ2n) is 8.48. The van der Waals surface area contributed by atoms with Crippen molar-refractivity contribution in [2.24, 2.45) is 5.41 Å². The maximum Gasteiger partial charge on any atom is 0.241 e. The van der Waals surface area contributed by atoms with Gasteiger partial charge in [-0.05, 0) is 37.8 Å². The largest absolute Gasteiger partial charge is 0.454 e. The molecule has 26 heavy (non-hydrogen) atoms. The molecular weight excluding hydrogens is 356 g/mol. The molecule has 0 aromatic heterocycles. The summed E-state index contributed by atoms with van der Waals surface area (Å²) in [5.74, 6) is 0.657. The van der Waals surface area contributed by atoms with Crippen molar-refractivity contribution < 1.29 is 22.7 Å². The van der Waals surface area contributed by atoms with E-state index in [1.54, 1.807) is 18.2 Å². The average Bonchev–Trinajstić information content (AvgIpc) is 2.87. The van der Waals surface area contributed by atoms with E-state index in [0.717, 1.165) is 17.0 Å². The summed E-state index contributed by atoms with van der Waals surface area (Å²) in [6.07, 6.45) is 1.83. The van der Waals surface area contributed by atoms with Gasteiger partial charge in [-0.2, -0.15) is 0 Å². The summed E-state index contributed by atoms with van der Waals surface area (Å²) < 4.78 is 36.1. The van der Waals surface area contributed by atoms with Gasteiger partial charge in [0.05, 0.1) is 11.9 Å². The Bertz CT molecular complexity index is 781. The van der Waals surface area contributed by atoms with Crippen LogP contribution in [0, 0.1) is 5.41 Å². The van der Waals surface area contributed by atoms with E-state index < -0.39 is 15.6 Å². The zero-order valence-electron chi connectivity index (χ0n) is 16.3. The summed E-state index contributed by atoms with van der Waals surface area (Å²) in [6.45, 7) is 9.94. The molecule has 1 aromatic carbocycles. The third-order valence-electron chi connectivity index (χ3n) is 3.78. The van der Waals surface area contributed by atoms with Crippen LogP contribution in [0.25, 0.3) is 0 Å². The van der Waals surface area contributed by atoms with Crippen molar-refractivity contribution in [1.29, 1.82) is 0 Å². The van der Waals surface area contributed by atoms with Gasteiger partial charge < -0.3 is 14.8 Å². The fraction of sp³-hybridized carbons (Fsp3) is 0.611. The number of sulfonamides is 1. The highest BCUT2D eigenvalue weighted by molar-refractivity contribution is 7.92. The Labute approximate surface area is 155 Å². The molecule has 0 spiro atoms. The van der Waals surface area contributed by atoms with Crippen molar-refractivity contribution in [2.45, 2.75) is 46.6 Å². The molecule has 0 saturated carbocycles. The Hall–Kier alpha value is -1.96. The number of amides is 1. The minimum atomic E-state index is -3.65. The first-order valence-electron chi connectivity index (χ1n) is 8.45. The van der Waals surface area contributed by atoms with Gasteiger partial charge in [-0.3, -0.25) is 9.10 Å². The smallest absolute Gasteiger partial charge is 0.241 e. The molecule has 0 unspecified atom stereocenters. The monoisotopic (exact) mass is 384 g/mol. The predicted molar refractivity (Wildman–Crippen MR) is 101 cm³/mol. The first-order chi connectivity index (χ1) is 11.8. The Kier molecular flexibility index (Phi) is 5.46. The van der Waals surface area contributed by atoms with Crippen molar-refractivity contribution in [3.05, 3.63) is 18.2 Å². The zero-order valence-corrected chi connectivity index (χ0v) is 17.1. The molecule has 1 N–H and O–H groups in total. The SMILES string of the molecule is CC(C)(C)CC(C)(C)NC(=O)CN(c1ccc2c(c1)OCO2)S(C)(=O)=O. The van der Waals surface area contributed by atoms with E-state index in [4.69, 9.17) is 9.47 Å². The minimum Gasteiger partial charge on any atom is -0.454 e. The molecule has 0 bridgehead atoms. The van der Waals surface area contributed by atoms with E-state index >= 15 is 0 Å². The van der Waals surface area contributed by atoms with E-state index in [2.05, 4.69) is 26.1 Å². The van der Waals surface area contributed by atoms with Gasteiger partial charge in [0.1, 0.15) is 6.54 Å². The third kappa shape index (κ3) is 5.52. The summed E-state index contributed by atoms with van der Waals surface area (Å²) in [5.41, 5.74) is -0.0570. The van der Waals surface area contributed by atoms with Gasteiger partial charge in [-0.25, -0.2) is 8.42 Å². The Balaban J connectivity index is 2.18. The van der Waals surface area contributed by atoms with E-state index in [-0.39, 0.29) is 24.7 Å². The number of carbonyl (C=O) groups is 1. The zero-order chi connectivity index (χ0) is 19.8. The highest BCUT2D eigenvalue weighted by atomic mass is 32.2. The normalized spacial score (nSPS) is 14.2. The van der Waals surface area contributed by atoms with Crippen LogP contribution in [0.15, 0.2) is 18.2 Å². The number of fused-ring (bicyclic) bond motifs is 1. The fourth-order valence-corrected chi connectivity index (χ4v) is 4.21. The van der Waals surface area contributed by atoms with Crippen molar-refractivity contribution in [3.8, 4) is 11.5 Å². The number of rotatable bonds is 6. The Morgan fingerprint density at radius 3 is 2.35 bits per heavy atom. The molecule has 1 amide bonds. The second-order valence-corrected chi connectivity index (χ2v) is 10.4. The molecule has 1 aliphatic rings. The molecule has 0 atom stereocenters. The van der Waals surface area contributed by atoms with Gasteiger partial charge in [0, 0.05) is 11.6 Å². The van der Waals surface area contributed by atoms with Crippen LogP contribution >= 0.6 is 0 Å². The highest BCUT2D eigenvalue weighted by Crippen LogP contribution is 2.36. The molecule has 0 saturated heterocycles. The number of nitrogens with one attached hydrogen (secondary N) is 1. The maximum atomic E-state index is 12.5. The number of benzene rings is 1. The van der Waals surface area contributed by atoms with Gasteiger partial charge >= 0.3 is 0 Å². The van der Waals surface area contributed by atoms with Gasteiger partial charge in [0.25, 0.3) is 0 Å². The minimum absolute atomic E-state index is 0.0324. The third-order valence-corrected chi connectivity index (χ3v) is 4.92. The highest BCUT2D eigenvalue weighted by Gasteiger charge is 2.29. The van der Waals surface area contributed by atoms with Crippen molar-refractivity contribution in [3.63, 3.8) is 0 Å². The lowest BCUT2D eigenvalue weighted by Gasteiger charge is -2.34. The van der Waals surface area contributed by atoms with Crippen LogP contribution in [0.2, 0.25) is 0 Å². The summed E-state index contributed by atoms with van der Waals surface area (Å²) >= 11 is 0. The fourth-order valence-electron chi connectivity index (χ4n) is 3.36. The summed E-state index contributed by atoms with van der Waals surface area (Å²) in [4.78, 5) is 12.5. The van der Waals surface area contributed by atoms with Crippen LogP contribution in [0.3, 0.4) is 0 Å². The first kappa shape index (κ1) is 20.4. The molecule has 0 radical (unpaired) electrons. The van der Waals surface area contributed by atoms with E-state index in [1.807, 2.05) is 13.8 Å². The van der Waals surface area contributed by atoms with Gasteiger partial charge in [-0.15, -0.1) is 0 Å². The maximum absolute atomic E-state index is 12.5. The van der Waals surface area contributed by atoms with Gasteiger partial charge in [0.2, 0.25) is 22.7 Å². The molecule has 0 aliphatic carbocycles. The van der Waals surface area contributed by atoms with Crippen molar-refractivity contribution >= 4 is 21.6 Å². The standard InChI is InChI=1S/C18H28N2O5S/c1-17(2,3)11-18(4,5)19-16(21)10-20(26(6,22)23)13-7-8-14-15(9-13)25-12-24-14/h7-9H,10-12H2,1-6H3,(H,19,21). The van der Waals surface area contributed by atoms with Crippen LogP contribution in [0.4, 0.5) is 5.69 Å². The first-order valence-corrected chi connectivity index (χ1v) is 10.3. The second kappa shape index (κ2) is 6.98. The molecule has 146 valence electrons. The quantitative estimate of drug-likeness (QED) is 0.815. The molecule has 7 nitrogen and oxygen atoms in total. The van der Waals surface area contributed by atoms with Crippen LogP contribution in [-0.2, 0) is 14.8 Å². The van der Waals surface area contributed by atoms with Crippen LogP contribution < -0.4 is 19.1 Å². The lowest BCUT2D eigenvalue weighted by molar-refractivity contribution is -0.121.